The van der Waals surface area contributed by atoms with Gasteiger partial charge in [0, 0.05) is 20.1 Å². The molecule has 0 aromatic rings. The molecule has 0 saturated heterocycles. The first-order chi connectivity index (χ1) is 14.3. The fourth-order valence-corrected chi connectivity index (χ4v) is 2.90. The van der Waals surface area contributed by atoms with Gasteiger partial charge in [-0.05, 0) is 50.7 Å². The molecule has 0 fully saturated rings. The van der Waals surface area contributed by atoms with Crippen molar-refractivity contribution in [2.75, 3.05) is 26.7 Å². The van der Waals surface area contributed by atoms with Crippen molar-refractivity contribution in [2.45, 2.75) is 72.4 Å². The minimum absolute atomic E-state index is 0.0795. The lowest BCUT2D eigenvalue weighted by atomic mass is 9.97. The van der Waals surface area contributed by atoms with E-state index in [1.54, 1.807) is 7.05 Å². The average molecular weight is 424 g/mol. The van der Waals surface area contributed by atoms with Crippen LogP contribution in [0.1, 0.15) is 60.3 Å². The Bertz CT molecular complexity index is 575. The van der Waals surface area contributed by atoms with Crippen LogP contribution in [0.4, 0.5) is 0 Å². The summed E-state index contributed by atoms with van der Waals surface area (Å²) in [6, 6.07) is -0.361. The number of amides is 2. The van der Waals surface area contributed by atoms with Crippen molar-refractivity contribution in [3.63, 3.8) is 0 Å². The topological polar surface area (TPSA) is 87.7 Å². The molecule has 7 heteroatoms. The van der Waals surface area contributed by atoms with Crippen LogP contribution in [-0.4, -0.2) is 62.3 Å². The van der Waals surface area contributed by atoms with Gasteiger partial charge in [0.25, 0.3) is 0 Å². The molecule has 0 radical (unpaired) electrons. The van der Waals surface area contributed by atoms with E-state index in [-0.39, 0.29) is 30.5 Å². The number of nitrogens with zero attached hydrogens (tertiary/aromatic N) is 1. The molecule has 2 unspecified atom stereocenters. The van der Waals surface area contributed by atoms with Gasteiger partial charge in [-0.3, -0.25) is 9.59 Å². The van der Waals surface area contributed by atoms with Crippen molar-refractivity contribution >= 4 is 18.6 Å². The SMILES string of the molecule is CC/C=C\C(O[C@H](C)CNC(C(=O)N(C)CC=O)C(C)CC)=C(/C)CCCNC=O. The summed E-state index contributed by atoms with van der Waals surface area (Å²) >= 11 is 0. The fraction of sp³-hybridized carbons (Fsp3) is 0.696. The van der Waals surface area contributed by atoms with E-state index in [9.17, 15) is 14.4 Å². The highest BCUT2D eigenvalue weighted by molar-refractivity contribution is 5.83. The molecule has 2 N–H and O–H groups in total. The molecule has 2 amide bonds. The summed E-state index contributed by atoms with van der Waals surface area (Å²) < 4.78 is 6.18. The predicted molar refractivity (Wildman–Crippen MR) is 121 cm³/mol. The molecule has 0 aromatic heterocycles. The van der Waals surface area contributed by atoms with Crippen LogP contribution in [0.2, 0.25) is 0 Å². The molecule has 0 aromatic carbocycles. The van der Waals surface area contributed by atoms with Gasteiger partial charge in [0.1, 0.15) is 18.1 Å². The Morgan fingerprint density at radius 2 is 1.90 bits per heavy atom. The summed E-state index contributed by atoms with van der Waals surface area (Å²) in [5, 5.41) is 6.02. The summed E-state index contributed by atoms with van der Waals surface area (Å²) in [7, 11) is 1.65. The van der Waals surface area contributed by atoms with Gasteiger partial charge in [-0.1, -0.05) is 33.3 Å². The van der Waals surface area contributed by atoms with Gasteiger partial charge in [0.05, 0.1) is 12.6 Å². The van der Waals surface area contributed by atoms with Crippen LogP contribution in [0, 0.1) is 5.92 Å². The summed E-state index contributed by atoms with van der Waals surface area (Å²) in [4.78, 5) is 35.3. The van der Waals surface area contributed by atoms with E-state index in [1.165, 1.54) is 4.90 Å². The van der Waals surface area contributed by atoms with E-state index >= 15 is 0 Å². The highest BCUT2D eigenvalue weighted by atomic mass is 16.5. The number of likely N-dealkylation sites (N-methyl/N-ethyl adjacent to an activating group) is 1. The van der Waals surface area contributed by atoms with E-state index in [0.29, 0.717) is 19.5 Å². The molecule has 0 aliphatic rings. The number of rotatable bonds is 17. The molecule has 0 rings (SSSR count). The smallest absolute Gasteiger partial charge is 0.240 e. The van der Waals surface area contributed by atoms with Gasteiger partial charge in [0.2, 0.25) is 12.3 Å². The monoisotopic (exact) mass is 423 g/mol. The Kier molecular flexibility index (Phi) is 15.4. The maximum Gasteiger partial charge on any atom is 0.240 e. The van der Waals surface area contributed by atoms with Crippen molar-refractivity contribution in [3.05, 3.63) is 23.5 Å². The van der Waals surface area contributed by atoms with E-state index in [2.05, 4.69) is 23.6 Å². The van der Waals surface area contributed by atoms with Crippen LogP contribution in [0.15, 0.2) is 23.5 Å². The van der Waals surface area contributed by atoms with Gasteiger partial charge in [-0.15, -0.1) is 0 Å². The summed E-state index contributed by atoms with van der Waals surface area (Å²) in [6.07, 6.45) is 8.80. The summed E-state index contributed by atoms with van der Waals surface area (Å²) in [5.41, 5.74) is 1.12. The zero-order chi connectivity index (χ0) is 22.9. The second kappa shape index (κ2) is 16.6. The number of allylic oxidation sites excluding steroid dienone is 3. The highest BCUT2D eigenvalue weighted by Crippen LogP contribution is 2.16. The van der Waals surface area contributed by atoms with Crippen molar-refractivity contribution in [1.82, 2.24) is 15.5 Å². The van der Waals surface area contributed by atoms with Crippen molar-refractivity contribution in [1.29, 1.82) is 0 Å². The number of hydrogen-bond acceptors (Lipinski definition) is 5. The van der Waals surface area contributed by atoms with Crippen LogP contribution in [0.25, 0.3) is 0 Å². The third-order valence-corrected chi connectivity index (χ3v) is 5.04. The van der Waals surface area contributed by atoms with E-state index in [1.807, 2.05) is 33.8 Å². The summed E-state index contributed by atoms with van der Waals surface area (Å²) in [6.45, 7) is 11.4. The quantitative estimate of drug-likeness (QED) is 0.163. The molecule has 3 atom stereocenters. The highest BCUT2D eigenvalue weighted by Gasteiger charge is 2.27. The first kappa shape index (κ1) is 27.8. The molecule has 0 aliphatic carbocycles. The van der Waals surface area contributed by atoms with Crippen LogP contribution in [-0.2, 0) is 19.1 Å². The molecule has 0 spiro atoms. The molecule has 30 heavy (non-hydrogen) atoms. The second-order valence-corrected chi connectivity index (χ2v) is 7.72. The lowest BCUT2D eigenvalue weighted by molar-refractivity contribution is -0.135. The third kappa shape index (κ3) is 11.1. The van der Waals surface area contributed by atoms with Gasteiger partial charge in [-0.2, -0.15) is 0 Å². The minimum atomic E-state index is -0.361. The Morgan fingerprint density at radius 3 is 2.47 bits per heavy atom. The maximum absolute atomic E-state index is 12.7. The fourth-order valence-electron chi connectivity index (χ4n) is 2.90. The van der Waals surface area contributed by atoms with Gasteiger partial charge in [-0.25, -0.2) is 0 Å². The van der Waals surface area contributed by atoms with Gasteiger partial charge < -0.3 is 25.1 Å². The number of carbonyl (C=O) groups is 3. The normalized spacial score (nSPS) is 15.1. The molecule has 0 heterocycles. The van der Waals surface area contributed by atoms with E-state index in [0.717, 1.165) is 43.3 Å². The van der Waals surface area contributed by atoms with Crippen molar-refractivity contribution < 1.29 is 19.1 Å². The molecule has 0 bridgehead atoms. The average Bonchev–Trinajstić information content (AvgIpc) is 2.73. The van der Waals surface area contributed by atoms with Crippen LogP contribution in [0.5, 0.6) is 0 Å². The van der Waals surface area contributed by atoms with Crippen LogP contribution < -0.4 is 10.6 Å². The number of ether oxygens (including phenoxy) is 1. The lowest BCUT2D eigenvalue weighted by Crippen LogP contribution is -2.50. The molecule has 0 aliphatic heterocycles. The Hall–Kier alpha value is -2.15. The van der Waals surface area contributed by atoms with Gasteiger partial charge in [0.15, 0.2) is 0 Å². The number of hydrogen-bond donors (Lipinski definition) is 2. The third-order valence-electron chi connectivity index (χ3n) is 5.04. The van der Waals surface area contributed by atoms with Crippen molar-refractivity contribution in [2.24, 2.45) is 5.92 Å². The molecular formula is C23H41N3O4. The Morgan fingerprint density at radius 1 is 1.20 bits per heavy atom. The zero-order valence-corrected chi connectivity index (χ0v) is 19.6. The number of carbonyl (C=O) groups excluding carboxylic acids is 3. The number of nitrogens with one attached hydrogen (secondary N) is 2. The number of aldehydes is 1. The first-order valence-electron chi connectivity index (χ1n) is 10.9. The predicted octanol–water partition coefficient (Wildman–Crippen LogP) is 2.82. The molecule has 7 nitrogen and oxygen atoms in total. The Labute approximate surface area is 182 Å². The standard InChI is InChI=1S/C23H41N3O4/c1-7-9-12-21(19(4)11-10-13-24-17-28)30-20(5)16-25-22(18(3)8-2)23(29)26(6)14-15-27/h9,12,15,17-18,20,22,25H,7-8,10-11,13-14,16H2,1-6H3,(H,24,28)/b12-9-,21-19-/t18?,20-,22?/m1/s1. The van der Waals surface area contributed by atoms with Crippen LogP contribution >= 0.6 is 0 Å². The molecule has 172 valence electrons. The maximum atomic E-state index is 12.7. The van der Waals surface area contributed by atoms with Crippen molar-refractivity contribution in [3.8, 4) is 0 Å². The zero-order valence-electron chi connectivity index (χ0n) is 19.6. The largest absolute Gasteiger partial charge is 0.489 e. The van der Waals surface area contributed by atoms with E-state index < -0.39 is 0 Å². The Balaban J connectivity index is 5.06. The summed E-state index contributed by atoms with van der Waals surface area (Å²) in [5.74, 6) is 0.895. The second-order valence-electron chi connectivity index (χ2n) is 7.72. The molecule has 0 saturated carbocycles. The molecular weight excluding hydrogens is 382 g/mol. The van der Waals surface area contributed by atoms with E-state index in [4.69, 9.17) is 4.74 Å². The lowest BCUT2D eigenvalue weighted by Gasteiger charge is -2.29. The minimum Gasteiger partial charge on any atom is -0.489 e. The first-order valence-corrected chi connectivity index (χ1v) is 10.9. The van der Waals surface area contributed by atoms with Crippen LogP contribution in [0.3, 0.4) is 0 Å². The van der Waals surface area contributed by atoms with Gasteiger partial charge >= 0.3 is 0 Å².